The second-order valence-corrected chi connectivity index (χ2v) is 17.9. The number of rotatable bonds is 4. The van der Waals surface area contributed by atoms with Crippen molar-refractivity contribution in [2.75, 3.05) is 0 Å². The Morgan fingerprint density at radius 1 is 0.410 bits per heavy atom. The molecule has 0 saturated heterocycles. The minimum absolute atomic E-state index is 0.111. The van der Waals surface area contributed by atoms with Crippen LogP contribution >= 0.6 is 11.8 Å². The molecule has 3 nitrogen and oxygen atoms in total. The Morgan fingerprint density at radius 2 is 1.07 bits per heavy atom. The fourth-order valence-electron chi connectivity index (χ4n) is 10.1. The van der Waals surface area contributed by atoms with Crippen molar-refractivity contribution in [2.24, 2.45) is 0 Å². The topological polar surface area (TPSA) is 38.7 Å². The number of benzene rings is 7. The van der Waals surface area contributed by atoms with E-state index in [1.165, 1.54) is 65.4 Å². The molecule has 61 heavy (non-hydrogen) atoms. The molecule has 12 rings (SSSR count). The first-order valence-electron chi connectivity index (χ1n) is 20.9. The van der Waals surface area contributed by atoms with E-state index in [2.05, 4.69) is 195 Å². The monoisotopic (exact) mass is 797 g/mol. The van der Waals surface area contributed by atoms with E-state index in [1.807, 2.05) is 30.1 Å². The molecule has 0 bridgehead atoms. The zero-order chi connectivity index (χ0) is 40.7. The van der Waals surface area contributed by atoms with Gasteiger partial charge in [-0.3, -0.25) is 4.98 Å². The number of hydrogen-bond donors (Lipinski definition) is 0. The van der Waals surface area contributed by atoms with E-state index in [9.17, 15) is 0 Å². The molecule has 0 amide bonds. The third kappa shape index (κ3) is 5.49. The highest BCUT2D eigenvalue weighted by molar-refractivity contribution is 7.99. The molecule has 1 atom stereocenters. The number of aromatic nitrogens is 3. The molecule has 4 heteroatoms. The molecule has 0 saturated carbocycles. The van der Waals surface area contributed by atoms with Crippen LogP contribution in [0.2, 0.25) is 0 Å². The SMILES string of the molecule is CC1(C)c2ccccc2-c2cc3c(cc21)Sc1ccccc1C31c2ccccc2C=Cc2ccc(-c3cc(-c4ccccc4)nc(-c4ccc(-c5cccnc5)cc4)n3)cc21. The molecule has 288 valence electrons. The van der Waals surface area contributed by atoms with E-state index in [0.29, 0.717) is 5.82 Å². The minimum Gasteiger partial charge on any atom is -0.264 e. The molecule has 3 aliphatic rings. The molecule has 1 spiro atoms. The lowest BCUT2D eigenvalue weighted by Crippen LogP contribution is -2.35. The van der Waals surface area contributed by atoms with Crippen molar-refractivity contribution in [2.45, 2.75) is 34.5 Å². The summed E-state index contributed by atoms with van der Waals surface area (Å²) in [6, 6.07) is 64.3. The van der Waals surface area contributed by atoms with E-state index in [4.69, 9.17) is 9.97 Å². The maximum atomic E-state index is 5.38. The lowest BCUT2D eigenvalue weighted by atomic mass is 9.62. The lowest BCUT2D eigenvalue weighted by Gasteiger charge is -2.43. The Kier molecular flexibility index (Phi) is 8.04. The molecule has 1 aliphatic heterocycles. The van der Waals surface area contributed by atoms with Crippen molar-refractivity contribution >= 4 is 23.9 Å². The minimum atomic E-state index is -0.625. The summed E-state index contributed by atoms with van der Waals surface area (Å²) in [4.78, 5) is 17.5. The highest BCUT2D eigenvalue weighted by Gasteiger charge is 2.48. The van der Waals surface area contributed by atoms with Crippen molar-refractivity contribution in [1.82, 2.24) is 15.0 Å². The van der Waals surface area contributed by atoms with Crippen LogP contribution < -0.4 is 0 Å². The predicted molar refractivity (Wildman–Crippen MR) is 250 cm³/mol. The van der Waals surface area contributed by atoms with E-state index < -0.39 is 5.41 Å². The van der Waals surface area contributed by atoms with Crippen LogP contribution in [-0.4, -0.2) is 15.0 Å². The van der Waals surface area contributed by atoms with E-state index in [1.54, 1.807) is 6.20 Å². The van der Waals surface area contributed by atoms with Gasteiger partial charge in [-0.05, 0) is 103 Å². The van der Waals surface area contributed by atoms with E-state index in [0.717, 1.165) is 39.2 Å². The van der Waals surface area contributed by atoms with Gasteiger partial charge in [0.25, 0.3) is 0 Å². The zero-order valence-electron chi connectivity index (χ0n) is 33.8. The number of nitrogens with zero attached hydrogens (tertiary/aromatic N) is 3. The van der Waals surface area contributed by atoms with Crippen LogP contribution in [0.4, 0.5) is 0 Å². The van der Waals surface area contributed by atoms with Gasteiger partial charge < -0.3 is 0 Å². The Labute approximate surface area is 360 Å². The molecule has 2 aliphatic carbocycles. The lowest BCUT2D eigenvalue weighted by molar-refractivity contribution is 0.653. The average Bonchev–Trinajstić information content (AvgIpc) is 3.44. The maximum Gasteiger partial charge on any atom is 0.160 e. The third-order valence-electron chi connectivity index (χ3n) is 13.1. The summed E-state index contributed by atoms with van der Waals surface area (Å²) in [6.45, 7) is 4.75. The van der Waals surface area contributed by atoms with E-state index in [-0.39, 0.29) is 5.41 Å². The van der Waals surface area contributed by atoms with Crippen molar-refractivity contribution in [3.63, 3.8) is 0 Å². The highest BCUT2D eigenvalue weighted by atomic mass is 32.2. The van der Waals surface area contributed by atoms with Gasteiger partial charge in [-0.2, -0.15) is 0 Å². The quantitative estimate of drug-likeness (QED) is 0.178. The van der Waals surface area contributed by atoms with Crippen LogP contribution in [0.1, 0.15) is 58.4 Å². The van der Waals surface area contributed by atoms with Gasteiger partial charge in [0.15, 0.2) is 5.82 Å². The molecule has 7 aromatic carbocycles. The summed E-state index contributed by atoms with van der Waals surface area (Å²) in [6.07, 6.45) is 8.32. The molecular weight excluding hydrogens is 759 g/mol. The Morgan fingerprint density at radius 3 is 1.87 bits per heavy atom. The molecule has 0 fully saturated rings. The van der Waals surface area contributed by atoms with Crippen LogP contribution in [-0.2, 0) is 10.8 Å². The molecular formula is C57H39N3S. The smallest absolute Gasteiger partial charge is 0.160 e. The third-order valence-corrected chi connectivity index (χ3v) is 14.2. The molecule has 1 unspecified atom stereocenters. The van der Waals surface area contributed by atoms with Gasteiger partial charge in [0.05, 0.1) is 16.8 Å². The van der Waals surface area contributed by atoms with Crippen molar-refractivity contribution in [3.8, 4) is 56.2 Å². The predicted octanol–water partition coefficient (Wildman–Crippen LogP) is 14.2. The standard InChI is InChI=1S/C57H39N3S/c1-56(2)46-19-9-7-17-43(46)44-32-50-54(33-49(44)56)61-53-21-11-10-20-47(53)57(50)45-18-8-6-13-37(45)24-25-38-26-29-41(31-48(38)57)52-34-51(39-14-4-3-5-15-39)59-55(60-52)40-27-22-36(23-28-40)42-16-12-30-58-35-42/h3-35H,1-2H3. The first-order chi connectivity index (χ1) is 30.0. The van der Waals surface area contributed by atoms with E-state index >= 15 is 0 Å². The Balaban J connectivity index is 1.12. The fourth-order valence-corrected chi connectivity index (χ4v) is 11.3. The number of pyridine rings is 1. The van der Waals surface area contributed by atoms with Gasteiger partial charge in [-0.15, -0.1) is 0 Å². The summed E-state index contributed by atoms with van der Waals surface area (Å²) < 4.78 is 0. The summed E-state index contributed by atoms with van der Waals surface area (Å²) in [5.41, 5.74) is 19.2. The number of fused-ring (bicyclic) bond motifs is 11. The van der Waals surface area contributed by atoms with Crippen LogP contribution in [0.3, 0.4) is 0 Å². The molecule has 3 heterocycles. The van der Waals surface area contributed by atoms with Crippen molar-refractivity contribution in [3.05, 3.63) is 233 Å². The van der Waals surface area contributed by atoms with Gasteiger partial charge in [0.2, 0.25) is 0 Å². The summed E-state index contributed by atoms with van der Waals surface area (Å²) in [5, 5.41) is 0. The molecule has 9 aromatic rings. The Hall–Kier alpha value is -7.14. The average molecular weight is 798 g/mol. The second kappa shape index (κ2) is 13.7. The largest absolute Gasteiger partial charge is 0.264 e. The van der Waals surface area contributed by atoms with Crippen LogP contribution in [0, 0.1) is 0 Å². The summed E-state index contributed by atoms with van der Waals surface area (Å²) in [7, 11) is 0. The summed E-state index contributed by atoms with van der Waals surface area (Å²) >= 11 is 1.91. The van der Waals surface area contributed by atoms with Crippen molar-refractivity contribution < 1.29 is 0 Å². The first kappa shape index (κ1) is 35.8. The first-order valence-corrected chi connectivity index (χ1v) is 21.7. The number of hydrogen-bond acceptors (Lipinski definition) is 4. The van der Waals surface area contributed by atoms with Crippen LogP contribution in [0.15, 0.2) is 198 Å². The molecule has 0 N–H and O–H groups in total. The van der Waals surface area contributed by atoms with Gasteiger partial charge in [-0.1, -0.05) is 177 Å². The van der Waals surface area contributed by atoms with Crippen LogP contribution in [0.25, 0.3) is 68.3 Å². The van der Waals surface area contributed by atoms with Gasteiger partial charge in [0, 0.05) is 44.3 Å². The zero-order valence-corrected chi connectivity index (χ0v) is 34.6. The second-order valence-electron chi connectivity index (χ2n) is 16.8. The maximum absolute atomic E-state index is 5.38. The van der Waals surface area contributed by atoms with Gasteiger partial charge in [0.1, 0.15) is 0 Å². The van der Waals surface area contributed by atoms with Crippen LogP contribution in [0.5, 0.6) is 0 Å². The normalized spacial score (nSPS) is 16.1. The molecule has 0 radical (unpaired) electrons. The van der Waals surface area contributed by atoms with Crippen molar-refractivity contribution in [1.29, 1.82) is 0 Å². The molecule has 2 aromatic heterocycles. The fraction of sp³-hybridized carbons (Fsp3) is 0.0702. The summed E-state index contributed by atoms with van der Waals surface area (Å²) in [5.74, 6) is 0.686. The Bertz CT molecular complexity index is 3240. The van der Waals surface area contributed by atoms with Gasteiger partial charge in [-0.25, -0.2) is 9.97 Å². The highest BCUT2D eigenvalue weighted by Crippen LogP contribution is 2.61. The van der Waals surface area contributed by atoms with Gasteiger partial charge >= 0.3 is 0 Å².